The summed E-state index contributed by atoms with van der Waals surface area (Å²) in [5.41, 5.74) is 1.86. The highest BCUT2D eigenvalue weighted by atomic mass is 16.5. The molecule has 0 saturated carbocycles. The highest BCUT2D eigenvalue weighted by molar-refractivity contribution is 5.96. The van der Waals surface area contributed by atoms with Crippen LogP contribution in [0.5, 0.6) is 11.5 Å². The molecule has 0 heterocycles. The van der Waals surface area contributed by atoms with E-state index in [1.807, 2.05) is 18.3 Å². The van der Waals surface area contributed by atoms with Crippen molar-refractivity contribution in [2.24, 2.45) is 0 Å². The Labute approximate surface area is 174 Å². The number of amides is 3. The number of nitrogens with one attached hydrogen (secondary N) is 3. The first kappa shape index (κ1) is 22.5. The van der Waals surface area contributed by atoms with Gasteiger partial charge in [-0.3, -0.25) is 9.59 Å². The van der Waals surface area contributed by atoms with E-state index in [0.717, 1.165) is 5.56 Å². The first-order valence-electron chi connectivity index (χ1n) is 9.20. The number of hydrogen-bond donors (Lipinski definition) is 4. The van der Waals surface area contributed by atoms with E-state index in [4.69, 9.17) is 14.6 Å². The van der Waals surface area contributed by atoms with Crippen molar-refractivity contribution in [1.82, 2.24) is 16.0 Å². The molecule has 160 valence electrons. The van der Waals surface area contributed by atoms with Gasteiger partial charge in [0.25, 0.3) is 5.91 Å². The van der Waals surface area contributed by atoms with Gasteiger partial charge in [-0.1, -0.05) is 24.3 Å². The first-order valence-corrected chi connectivity index (χ1v) is 9.20. The lowest BCUT2D eigenvalue weighted by atomic mass is 10.0. The molecule has 4 N–H and O–H groups in total. The van der Waals surface area contributed by atoms with Crippen molar-refractivity contribution in [2.75, 3.05) is 20.8 Å². The zero-order valence-electron chi connectivity index (χ0n) is 17.0. The molecule has 0 aliphatic carbocycles. The zero-order chi connectivity index (χ0) is 22.1. The normalized spacial score (nSPS) is 11.2. The number of methoxy groups -OCH3 is 2. The maximum Gasteiger partial charge on any atom is 0.405 e. The van der Waals surface area contributed by atoms with Crippen LogP contribution in [0.2, 0.25) is 0 Å². The van der Waals surface area contributed by atoms with E-state index in [9.17, 15) is 14.4 Å². The second-order valence-electron chi connectivity index (χ2n) is 6.40. The lowest BCUT2D eigenvalue weighted by Gasteiger charge is -2.18. The van der Waals surface area contributed by atoms with Crippen LogP contribution >= 0.6 is 0 Å². The molecule has 9 heteroatoms. The van der Waals surface area contributed by atoms with Gasteiger partial charge in [-0.15, -0.1) is 0 Å². The van der Waals surface area contributed by atoms with Gasteiger partial charge in [-0.2, -0.15) is 0 Å². The van der Waals surface area contributed by atoms with Crippen LogP contribution in [0, 0.1) is 0 Å². The molecule has 30 heavy (non-hydrogen) atoms. The number of carboxylic acid groups (broad SMARTS) is 1. The van der Waals surface area contributed by atoms with Crippen molar-refractivity contribution in [3.8, 4) is 11.5 Å². The number of benzene rings is 2. The SMILES string of the molecule is COc1ccc([C@@H](C)NC(=O)c2ccccc2CNC(=O)CNC(=O)O)cc1OC. The summed E-state index contributed by atoms with van der Waals surface area (Å²) in [6.45, 7) is 1.58. The summed E-state index contributed by atoms with van der Waals surface area (Å²) < 4.78 is 10.5. The fraction of sp³-hybridized carbons (Fsp3) is 0.286. The van der Waals surface area contributed by atoms with Crippen molar-refractivity contribution in [2.45, 2.75) is 19.5 Å². The predicted octanol–water partition coefficient (Wildman–Crippen LogP) is 2.08. The lowest BCUT2D eigenvalue weighted by molar-refractivity contribution is -0.120. The van der Waals surface area contributed by atoms with Crippen molar-refractivity contribution < 1.29 is 29.0 Å². The largest absolute Gasteiger partial charge is 0.493 e. The predicted molar refractivity (Wildman–Crippen MR) is 110 cm³/mol. The molecule has 2 aromatic rings. The van der Waals surface area contributed by atoms with Crippen molar-refractivity contribution >= 4 is 17.9 Å². The molecule has 2 aromatic carbocycles. The third kappa shape index (κ3) is 6.13. The van der Waals surface area contributed by atoms with Crippen LogP contribution in [0.4, 0.5) is 4.79 Å². The Morgan fingerprint density at radius 2 is 1.70 bits per heavy atom. The van der Waals surface area contributed by atoms with E-state index in [2.05, 4.69) is 10.6 Å². The molecule has 0 fully saturated rings. The van der Waals surface area contributed by atoms with Gasteiger partial charge in [0.2, 0.25) is 5.91 Å². The summed E-state index contributed by atoms with van der Waals surface area (Å²) in [5.74, 6) is 0.365. The third-order valence-electron chi connectivity index (χ3n) is 4.39. The summed E-state index contributed by atoms with van der Waals surface area (Å²) in [6.07, 6.45) is -1.28. The van der Waals surface area contributed by atoms with E-state index in [1.54, 1.807) is 50.6 Å². The molecule has 0 aliphatic heterocycles. The summed E-state index contributed by atoms with van der Waals surface area (Å²) in [5, 5.41) is 16.1. The second-order valence-corrected chi connectivity index (χ2v) is 6.40. The van der Waals surface area contributed by atoms with Crippen molar-refractivity contribution in [1.29, 1.82) is 0 Å². The Hall–Kier alpha value is -3.75. The summed E-state index contributed by atoms with van der Waals surface area (Å²) >= 11 is 0. The number of ether oxygens (including phenoxy) is 2. The van der Waals surface area contributed by atoms with Crippen LogP contribution in [0.15, 0.2) is 42.5 Å². The molecule has 0 bridgehead atoms. The maximum absolute atomic E-state index is 12.8. The van der Waals surface area contributed by atoms with Gasteiger partial charge in [0.15, 0.2) is 11.5 Å². The summed E-state index contributed by atoms with van der Waals surface area (Å²) in [6, 6.07) is 12.0. The highest BCUT2D eigenvalue weighted by Crippen LogP contribution is 2.30. The number of carbonyl (C=O) groups is 3. The fourth-order valence-corrected chi connectivity index (χ4v) is 2.79. The van der Waals surface area contributed by atoms with E-state index in [1.165, 1.54) is 0 Å². The highest BCUT2D eigenvalue weighted by Gasteiger charge is 2.16. The quantitative estimate of drug-likeness (QED) is 0.497. The molecule has 0 aromatic heterocycles. The number of rotatable bonds is 9. The van der Waals surface area contributed by atoms with Gasteiger partial charge in [0, 0.05) is 12.1 Å². The number of hydrogen-bond acceptors (Lipinski definition) is 5. The smallest absolute Gasteiger partial charge is 0.405 e. The van der Waals surface area contributed by atoms with Gasteiger partial charge < -0.3 is 30.5 Å². The Morgan fingerprint density at radius 1 is 1.00 bits per heavy atom. The Morgan fingerprint density at radius 3 is 2.37 bits per heavy atom. The molecule has 2 rings (SSSR count). The Balaban J connectivity index is 2.06. The van der Waals surface area contributed by atoms with Crippen molar-refractivity contribution in [3.63, 3.8) is 0 Å². The molecule has 0 aliphatic rings. The van der Waals surface area contributed by atoms with Crippen LogP contribution in [-0.4, -0.2) is 43.8 Å². The van der Waals surface area contributed by atoms with Crippen LogP contribution in [0.25, 0.3) is 0 Å². The molecule has 1 atom stereocenters. The molecule has 9 nitrogen and oxygen atoms in total. The van der Waals surface area contributed by atoms with E-state index >= 15 is 0 Å². The van der Waals surface area contributed by atoms with Crippen molar-refractivity contribution in [3.05, 3.63) is 59.2 Å². The van der Waals surface area contributed by atoms with E-state index < -0.39 is 12.0 Å². The molecule has 0 radical (unpaired) electrons. The van der Waals surface area contributed by atoms with Crippen LogP contribution in [-0.2, 0) is 11.3 Å². The monoisotopic (exact) mass is 415 g/mol. The minimum Gasteiger partial charge on any atom is -0.493 e. The zero-order valence-corrected chi connectivity index (χ0v) is 17.0. The standard InChI is InChI=1S/C21H25N3O6/c1-13(14-8-9-17(29-2)18(10-14)30-3)24-20(26)16-7-5-4-6-15(16)11-22-19(25)12-23-21(27)28/h4-10,13,23H,11-12H2,1-3H3,(H,22,25)(H,24,26)(H,27,28)/t13-/m1/s1. The molecule has 0 unspecified atom stereocenters. The van der Waals surface area contributed by atoms with Crippen LogP contribution < -0.4 is 25.4 Å². The summed E-state index contributed by atoms with van der Waals surface area (Å²) in [4.78, 5) is 35.0. The maximum atomic E-state index is 12.8. The van der Waals surface area contributed by atoms with Crippen LogP contribution in [0.3, 0.4) is 0 Å². The van der Waals surface area contributed by atoms with Gasteiger partial charge in [-0.05, 0) is 36.2 Å². The summed E-state index contributed by atoms with van der Waals surface area (Å²) in [7, 11) is 3.09. The second kappa shape index (κ2) is 10.7. The minimum absolute atomic E-state index is 0.0917. The third-order valence-corrected chi connectivity index (χ3v) is 4.39. The molecule has 0 spiro atoms. The topological polar surface area (TPSA) is 126 Å². The average Bonchev–Trinajstić information content (AvgIpc) is 2.75. The molecular weight excluding hydrogens is 390 g/mol. The van der Waals surface area contributed by atoms with Gasteiger partial charge >= 0.3 is 6.09 Å². The lowest BCUT2D eigenvalue weighted by Crippen LogP contribution is -2.36. The van der Waals surface area contributed by atoms with E-state index in [0.29, 0.717) is 22.6 Å². The first-order chi connectivity index (χ1) is 14.3. The molecule has 3 amide bonds. The molecular formula is C21H25N3O6. The Kier molecular flexibility index (Phi) is 8.04. The van der Waals surface area contributed by atoms with Gasteiger partial charge in [0.1, 0.15) is 0 Å². The van der Waals surface area contributed by atoms with Gasteiger partial charge in [0.05, 0.1) is 26.8 Å². The fourth-order valence-electron chi connectivity index (χ4n) is 2.79. The molecule has 0 saturated heterocycles. The van der Waals surface area contributed by atoms with Gasteiger partial charge in [-0.25, -0.2) is 4.79 Å². The van der Waals surface area contributed by atoms with Crippen LogP contribution in [0.1, 0.15) is 34.5 Å². The average molecular weight is 415 g/mol. The minimum atomic E-state index is -1.28. The Bertz CT molecular complexity index is 915. The van der Waals surface area contributed by atoms with E-state index in [-0.39, 0.29) is 25.0 Å². The number of carbonyl (C=O) groups excluding carboxylic acids is 2.